The van der Waals surface area contributed by atoms with E-state index in [0.29, 0.717) is 22.1 Å². The number of amides is 1. The number of carbonyl (C=O) groups is 1. The summed E-state index contributed by atoms with van der Waals surface area (Å²) in [5.74, 6) is 1.20. The van der Waals surface area contributed by atoms with E-state index in [-0.39, 0.29) is 17.7 Å². The van der Waals surface area contributed by atoms with Crippen LogP contribution in [0.15, 0.2) is 64.2 Å². The zero-order valence-corrected chi connectivity index (χ0v) is 16.0. The van der Waals surface area contributed by atoms with Crippen molar-refractivity contribution in [2.24, 2.45) is 0 Å². The summed E-state index contributed by atoms with van der Waals surface area (Å²) in [4.78, 5) is 12.5. The molecule has 1 amide bonds. The number of carbonyl (C=O) groups excluding carboxylic acids is 1. The Hall–Kier alpha value is -2.31. The van der Waals surface area contributed by atoms with Gasteiger partial charge in [-0.15, -0.1) is 10.2 Å². The summed E-state index contributed by atoms with van der Waals surface area (Å²) in [6.45, 7) is 0. The first kappa shape index (κ1) is 18.1. The largest absolute Gasteiger partial charge is 0.416 e. The van der Waals surface area contributed by atoms with E-state index in [0.717, 1.165) is 24.0 Å². The van der Waals surface area contributed by atoms with Crippen LogP contribution in [0.2, 0.25) is 5.02 Å². The van der Waals surface area contributed by atoms with E-state index in [4.69, 9.17) is 16.0 Å². The number of hydrogen-bond acceptors (Lipinski definition) is 5. The van der Waals surface area contributed by atoms with Crippen molar-refractivity contribution in [3.63, 3.8) is 0 Å². The lowest BCUT2D eigenvalue weighted by atomic mass is 9.99. The average Bonchev–Trinajstić information content (AvgIpc) is 3.44. The minimum atomic E-state index is -0.249. The molecule has 138 valence electrons. The number of nitrogens with zero attached hydrogens (tertiary/aromatic N) is 2. The molecule has 27 heavy (non-hydrogen) atoms. The van der Waals surface area contributed by atoms with Gasteiger partial charge in [0.05, 0.1) is 11.8 Å². The van der Waals surface area contributed by atoms with Gasteiger partial charge in [-0.1, -0.05) is 65.8 Å². The van der Waals surface area contributed by atoms with Crippen LogP contribution in [-0.4, -0.2) is 21.9 Å². The van der Waals surface area contributed by atoms with Gasteiger partial charge >= 0.3 is 0 Å². The molecule has 1 saturated carbocycles. The lowest BCUT2D eigenvalue weighted by Crippen LogP contribution is -2.30. The number of benzene rings is 2. The van der Waals surface area contributed by atoms with Crippen molar-refractivity contribution >= 4 is 29.3 Å². The standard InChI is InChI=1S/C20H18ClN3O2S/c21-16-10-8-14(9-11-16)18(13-4-2-1-3-5-13)22-17(25)12-27-20-24-23-19(26-20)15-6-7-15/h1-5,8-11,15,18H,6-7,12H2,(H,22,25)/t18-/m1/s1. The van der Waals surface area contributed by atoms with Crippen LogP contribution >= 0.6 is 23.4 Å². The Morgan fingerprint density at radius 3 is 2.52 bits per heavy atom. The van der Waals surface area contributed by atoms with Gasteiger partial charge in [0.15, 0.2) is 0 Å². The van der Waals surface area contributed by atoms with Crippen molar-refractivity contribution in [1.29, 1.82) is 0 Å². The van der Waals surface area contributed by atoms with Crippen molar-refractivity contribution in [3.8, 4) is 0 Å². The number of halogens is 1. The minimum Gasteiger partial charge on any atom is -0.416 e. The number of hydrogen-bond donors (Lipinski definition) is 1. The molecule has 1 aliphatic rings. The molecule has 0 radical (unpaired) electrons. The van der Waals surface area contributed by atoms with Crippen molar-refractivity contribution in [2.75, 3.05) is 5.75 Å². The third-order valence-corrected chi connectivity index (χ3v) is 5.39. The fraction of sp³-hybridized carbons (Fsp3) is 0.250. The summed E-state index contributed by atoms with van der Waals surface area (Å²) < 4.78 is 5.59. The van der Waals surface area contributed by atoms with E-state index in [1.807, 2.05) is 54.6 Å². The topological polar surface area (TPSA) is 68.0 Å². The molecule has 5 nitrogen and oxygen atoms in total. The van der Waals surface area contributed by atoms with Gasteiger partial charge in [-0.25, -0.2) is 0 Å². The summed E-state index contributed by atoms with van der Waals surface area (Å²) in [6.07, 6.45) is 2.21. The van der Waals surface area contributed by atoms with Crippen LogP contribution in [0.4, 0.5) is 0 Å². The maximum atomic E-state index is 12.5. The molecular formula is C20H18ClN3O2S. The molecule has 1 N–H and O–H groups in total. The molecule has 0 unspecified atom stereocenters. The average molecular weight is 400 g/mol. The summed E-state index contributed by atoms with van der Waals surface area (Å²) in [6, 6.07) is 17.1. The Balaban J connectivity index is 1.43. The van der Waals surface area contributed by atoms with Gasteiger partial charge in [-0.2, -0.15) is 0 Å². The van der Waals surface area contributed by atoms with E-state index >= 15 is 0 Å². The monoisotopic (exact) mass is 399 g/mol. The maximum Gasteiger partial charge on any atom is 0.277 e. The minimum absolute atomic E-state index is 0.102. The fourth-order valence-electron chi connectivity index (χ4n) is 2.76. The van der Waals surface area contributed by atoms with Crippen LogP contribution in [0, 0.1) is 0 Å². The lowest BCUT2D eigenvalue weighted by Gasteiger charge is -2.19. The summed E-state index contributed by atoms with van der Waals surface area (Å²) in [5.41, 5.74) is 1.98. The van der Waals surface area contributed by atoms with Crippen LogP contribution in [0.5, 0.6) is 0 Å². The molecule has 1 atom stereocenters. The Morgan fingerprint density at radius 1 is 1.11 bits per heavy atom. The molecular weight excluding hydrogens is 382 g/mol. The van der Waals surface area contributed by atoms with Crippen LogP contribution < -0.4 is 5.32 Å². The maximum absolute atomic E-state index is 12.5. The third kappa shape index (κ3) is 4.70. The number of nitrogens with one attached hydrogen (secondary N) is 1. The first-order valence-corrected chi connectivity index (χ1v) is 10.1. The highest BCUT2D eigenvalue weighted by Gasteiger charge is 2.29. The van der Waals surface area contributed by atoms with Gasteiger partial charge in [0, 0.05) is 10.9 Å². The predicted octanol–water partition coefficient (Wildman–Crippen LogP) is 4.60. The fourth-order valence-corrected chi connectivity index (χ4v) is 3.47. The van der Waals surface area contributed by atoms with Crippen molar-refractivity contribution in [1.82, 2.24) is 15.5 Å². The van der Waals surface area contributed by atoms with E-state index in [1.54, 1.807) is 0 Å². The Kier molecular flexibility index (Phi) is 5.45. The van der Waals surface area contributed by atoms with Crippen LogP contribution in [0.25, 0.3) is 0 Å². The van der Waals surface area contributed by atoms with Crippen molar-refractivity contribution < 1.29 is 9.21 Å². The molecule has 0 bridgehead atoms. The van der Waals surface area contributed by atoms with Gasteiger partial charge in [-0.3, -0.25) is 4.79 Å². The lowest BCUT2D eigenvalue weighted by molar-refractivity contribution is -0.119. The Bertz CT molecular complexity index is 910. The van der Waals surface area contributed by atoms with E-state index in [1.165, 1.54) is 11.8 Å². The van der Waals surface area contributed by atoms with E-state index in [9.17, 15) is 4.79 Å². The summed E-state index contributed by atoms with van der Waals surface area (Å²) >= 11 is 7.26. The van der Waals surface area contributed by atoms with Gasteiger partial charge in [-0.05, 0) is 36.1 Å². The highest BCUT2D eigenvalue weighted by molar-refractivity contribution is 7.99. The van der Waals surface area contributed by atoms with Gasteiger partial charge in [0.2, 0.25) is 11.8 Å². The smallest absolute Gasteiger partial charge is 0.277 e. The highest BCUT2D eigenvalue weighted by atomic mass is 35.5. The quantitative estimate of drug-likeness (QED) is 0.588. The molecule has 1 fully saturated rings. The highest BCUT2D eigenvalue weighted by Crippen LogP contribution is 2.39. The first-order valence-electron chi connectivity index (χ1n) is 8.75. The second-order valence-electron chi connectivity index (χ2n) is 6.43. The Labute approximate surface area is 166 Å². The second-order valence-corrected chi connectivity index (χ2v) is 7.79. The third-order valence-electron chi connectivity index (χ3n) is 4.32. The van der Waals surface area contributed by atoms with Gasteiger partial charge in [0.25, 0.3) is 5.22 Å². The molecule has 0 saturated heterocycles. The number of thioether (sulfide) groups is 1. The normalized spacial score (nSPS) is 14.7. The SMILES string of the molecule is O=C(CSc1nnc(C2CC2)o1)N[C@H](c1ccccc1)c1ccc(Cl)cc1. The second kappa shape index (κ2) is 8.15. The van der Waals surface area contributed by atoms with Crippen molar-refractivity contribution in [2.45, 2.75) is 30.0 Å². The molecule has 0 spiro atoms. The molecule has 1 aromatic heterocycles. The molecule has 7 heteroatoms. The molecule has 4 rings (SSSR count). The van der Waals surface area contributed by atoms with Crippen LogP contribution in [0.1, 0.15) is 41.8 Å². The summed E-state index contributed by atoms with van der Waals surface area (Å²) in [7, 11) is 0. The number of aromatic nitrogens is 2. The van der Waals surface area contributed by atoms with Gasteiger partial charge < -0.3 is 9.73 Å². The first-order chi connectivity index (χ1) is 13.2. The number of rotatable bonds is 7. The molecule has 2 aromatic carbocycles. The molecule has 3 aromatic rings. The molecule has 1 aliphatic carbocycles. The molecule has 1 heterocycles. The van der Waals surface area contributed by atoms with Crippen LogP contribution in [0.3, 0.4) is 0 Å². The van der Waals surface area contributed by atoms with Crippen LogP contribution in [-0.2, 0) is 4.79 Å². The molecule has 0 aliphatic heterocycles. The Morgan fingerprint density at radius 2 is 1.81 bits per heavy atom. The zero-order chi connectivity index (χ0) is 18.6. The van der Waals surface area contributed by atoms with E-state index in [2.05, 4.69) is 15.5 Å². The van der Waals surface area contributed by atoms with Crippen molar-refractivity contribution in [3.05, 3.63) is 76.6 Å². The van der Waals surface area contributed by atoms with Gasteiger partial charge in [0.1, 0.15) is 0 Å². The summed E-state index contributed by atoms with van der Waals surface area (Å²) in [5, 5.41) is 12.2. The zero-order valence-electron chi connectivity index (χ0n) is 14.5. The van der Waals surface area contributed by atoms with E-state index < -0.39 is 0 Å². The predicted molar refractivity (Wildman–Crippen MR) is 105 cm³/mol.